The maximum atomic E-state index is 9.51. The molecule has 5 rings (SSSR count). The third-order valence-electron chi connectivity index (χ3n) is 6.10. The van der Waals surface area contributed by atoms with Gasteiger partial charge in [-0.3, -0.25) is 5.10 Å². The standard InChI is InChI=1S/C27H28N4O/c1-31(2)14-13-28-17-18-3-4-22-16-25-26(29-30-27(25)24(22)15-18)21-7-5-19(6-8-21)20-9-11-23(32)12-10-20/h3-12,15,28,32H,13-14,16-17H2,1-2H3,(H,29,30). The lowest BCUT2D eigenvalue weighted by Gasteiger charge is -2.11. The van der Waals surface area contributed by atoms with Crippen molar-refractivity contribution in [3.8, 4) is 39.4 Å². The zero-order chi connectivity index (χ0) is 22.1. The van der Waals surface area contributed by atoms with E-state index < -0.39 is 0 Å². The Labute approximate surface area is 188 Å². The third-order valence-corrected chi connectivity index (χ3v) is 6.10. The molecule has 4 aromatic rings. The zero-order valence-corrected chi connectivity index (χ0v) is 18.5. The van der Waals surface area contributed by atoms with Crippen molar-refractivity contribution in [2.24, 2.45) is 0 Å². The minimum Gasteiger partial charge on any atom is -0.508 e. The second-order valence-electron chi connectivity index (χ2n) is 8.70. The van der Waals surface area contributed by atoms with Gasteiger partial charge in [-0.15, -0.1) is 0 Å². The number of aromatic hydroxyl groups is 1. The monoisotopic (exact) mass is 424 g/mol. The molecule has 0 saturated carbocycles. The number of aromatic nitrogens is 2. The molecule has 1 heterocycles. The van der Waals surface area contributed by atoms with E-state index in [1.807, 2.05) is 12.1 Å². The van der Waals surface area contributed by atoms with Crippen molar-refractivity contribution < 1.29 is 5.11 Å². The molecule has 1 aromatic heterocycles. The average Bonchev–Trinajstić information content (AvgIpc) is 3.37. The second-order valence-corrected chi connectivity index (χ2v) is 8.70. The van der Waals surface area contributed by atoms with Crippen LogP contribution in [0, 0.1) is 0 Å². The summed E-state index contributed by atoms with van der Waals surface area (Å²) in [5.74, 6) is 0.282. The Bertz CT molecular complexity index is 1220. The van der Waals surface area contributed by atoms with Crippen molar-refractivity contribution in [1.29, 1.82) is 0 Å². The maximum Gasteiger partial charge on any atom is 0.115 e. The van der Waals surface area contributed by atoms with Crippen LogP contribution in [0.1, 0.15) is 16.7 Å². The molecule has 0 spiro atoms. The molecular weight excluding hydrogens is 396 g/mol. The molecule has 1 aliphatic carbocycles. The van der Waals surface area contributed by atoms with Crippen molar-refractivity contribution in [2.75, 3.05) is 27.2 Å². The first-order valence-corrected chi connectivity index (χ1v) is 11.0. The summed E-state index contributed by atoms with van der Waals surface area (Å²) in [6.45, 7) is 2.88. The lowest BCUT2D eigenvalue weighted by Crippen LogP contribution is -2.26. The number of hydrogen-bond donors (Lipinski definition) is 3. The highest BCUT2D eigenvalue weighted by Crippen LogP contribution is 2.40. The van der Waals surface area contributed by atoms with Gasteiger partial charge in [0.1, 0.15) is 5.75 Å². The lowest BCUT2D eigenvalue weighted by molar-refractivity contribution is 0.400. The maximum absolute atomic E-state index is 9.51. The fourth-order valence-electron chi connectivity index (χ4n) is 4.32. The number of likely N-dealkylation sites (N-methyl/N-ethyl adjacent to an activating group) is 1. The molecule has 0 saturated heterocycles. The molecule has 0 aliphatic heterocycles. The summed E-state index contributed by atoms with van der Waals surface area (Å²) in [7, 11) is 4.19. The van der Waals surface area contributed by atoms with E-state index in [-0.39, 0.29) is 5.75 Å². The van der Waals surface area contributed by atoms with Gasteiger partial charge in [0.15, 0.2) is 0 Å². The summed E-state index contributed by atoms with van der Waals surface area (Å²) in [5, 5.41) is 21.0. The lowest BCUT2D eigenvalue weighted by atomic mass is 10.0. The van der Waals surface area contributed by atoms with Crippen LogP contribution < -0.4 is 5.32 Å². The number of rotatable bonds is 7. The molecule has 0 bridgehead atoms. The molecule has 0 amide bonds. The summed E-state index contributed by atoms with van der Waals surface area (Å²) < 4.78 is 0. The van der Waals surface area contributed by atoms with Crippen molar-refractivity contribution in [2.45, 2.75) is 13.0 Å². The molecule has 0 fully saturated rings. The van der Waals surface area contributed by atoms with Gasteiger partial charge in [0.05, 0.1) is 11.4 Å². The average molecular weight is 425 g/mol. The van der Waals surface area contributed by atoms with Crippen LogP contribution >= 0.6 is 0 Å². The Balaban J connectivity index is 1.35. The number of fused-ring (bicyclic) bond motifs is 3. The van der Waals surface area contributed by atoms with Crippen LogP contribution in [0.25, 0.3) is 33.6 Å². The smallest absolute Gasteiger partial charge is 0.115 e. The van der Waals surface area contributed by atoms with Crippen molar-refractivity contribution >= 4 is 0 Å². The fraction of sp³-hybridized carbons (Fsp3) is 0.222. The summed E-state index contributed by atoms with van der Waals surface area (Å²) in [5.41, 5.74) is 10.7. The van der Waals surface area contributed by atoms with Crippen LogP contribution in [0.4, 0.5) is 0 Å². The molecule has 3 aromatic carbocycles. The predicted molar refractivity (Wildman–Crippen MR) is 130 cm³/mol. The van der Waals surface area contributed by atoms with Gasteiger partial charge in [-0.2, -0.15) is 5.10 Å². The van der Waals surface area contributed by atoms with E-state index in [4.69, 9.17) is 0 Å². The quantitative estimate of drug-likeness (QED) is 0.332. The number of aromatic amines is 1. The van der Waals surface area contributed by atoms with Gasteiger partial charge >= 0.3 is 0 Å². The minimum absolute atomic E-state index is 0.282. The highest BCUT2D eigenvalue weighted by molar-refractivity contribution is 5.82. The first-order valence-electron chi connectivity index (χ1n) is 11.0. The Hall–Kier alpha value is -3.41. The number of phenolic OH excluding ortho intramolecular Hbond substituents is 1. The van der Waals surface area contributed by atoms with E-state index in [2.05, 4.69) is 77.0 Å². The Kier molecular flexibility index (Phi) is 5.52. The predicted octanol–water partition coefficient (Wildman–Crippen LogP) is 4.67. The number of benzene rings is 3. The highest BCUT2D eigenvalue weighted by atomic mass is 16.3. The third kappa shape index (κ3) is 4.05. The molecule has 1 aliphatic rings. The summed E-state index contributed by atoms with van der Waals surface area (Å²) in [6.07, 6.45) is 0.907. The van der Waals surface area contributed by atoms with Crippen LogP contribution in [0.5, 0.6) is 5.75 Å². The molecule has 0 unspecified atom stereocenters. The molecule has 3 N–H and O–H groups in total. The van der Waals surface area contributed by atoms with Crippen LogP contribution in [0.15, 0.2) is 66.7 Å². The van der Waals surface area contributed by atoms with Crippen LogP contribution in [-0.4, -0.2) is 47.4 Å². The summed E-state index contributed by atoms with van der Waals surface area (Å²) in [6, 6.07) is 22.5. The molecule has 0 atom stereocenters. The molecule has 32 heavy (non-hydrogen) atoms. The zero-order valence-electron chi connectivity index (χ0n) is 18.5. The summed E-state index contributed by atoms with van der Waals surface area (Å²) in [4.78, 5) is 2.19. The van der Waals surface area contributed by atoms with E-state index in [1.54, 1.807) is 12.1 Å². The van der Waals surface area contributed by atoms with Gasteiger partial charge in [0.25, 0.3) is 0 Å². The van der Waals surface area contributed by atoms with Gasteiger partial charge < -0.3 is 15.3 Å². The van der Waals surface area contributed by atoms with E-state index in [9.17, 15) is 5.11 Å². The molecule has 162 valence electrons. The van der Waals surface area contributed by atoms with Crippen LogP contribution in [0.3, 0.4) is 0 Å². The number of nitrogens with one attached hydrogen (secondary N) is 2. The van der Waals surface area contributed by atoms with Crippen LogP contribution in [-0.2, 0) is 13.0 Å². The van der Waals surface area contributed by atoms with Crippen molar-refractivity contribution in [3.05, 3.63) is 83.4 Å². The molecular formula is C27H28N4O. The normalized spacial score (nSPS) is 12.2. The topological polar surface area (TPSA) is 64.2 Å². The van der Waals surface area contributed by atoms with Gasteiger partial charge in [-0.1, -0.05) is 48.5 Å². The Morgan fingerprint density at radius 3 is 2.34 bits per heavy atom. The number of H-pyrrole nitrogens is 1. The fourth-order valence-corrected chi connectivity index (χ4v) is 4.32. The highest BCUT2D eigenvalue weighted by Gasteiger charge is 2.25. The minimum atomic E-state index is 0.282. The first-order chi connectivity index (χ1) is 15.6. The van der Waals surface area contributed by atoms with E-state index in [0.29, 0.717) is 0 Å². The molecule has 5 nitrogen and oxygen atoms in total. The number of phenols is 1. The number of hydrogen-bond acceptors (Lipinski definition) is 4. The van der Waals surface area contributed by atoms with E-state index in [0.717, 1.165) is 54.1 Å². The second kappa shape index (κ2) is 8.61. The SMILES string of the molecule is CN(C)CCNCc1ccc2c(c1)-c1[nH]nc(-c3ccc(-c4ccc(O)cc4)cc3)c1C2. The van der Waals surface area contributed by atoms with Crippen molar-refractivity contribution in [1.82, 2.24) is 20.4 Å². The van der Waals surface area contributed by atoms with E-state index >= 15 is 0 Å². The largest absolute Gasteiger partial charge is 0.508 e. The Morgan fingerprint density at radius 2 is 1.62 bits per heavy atom. The number of nitrogens with zero attached hydrogens (tertiary/aromatic N) is 2. The Morgan fingerprint density at radius 1 is 0.938 bits per heavy atom. The van der Waals surface area contributed by atoms with Gasteiger partial charge in [0.2, 0.25) is 0 Å². The van der Waals surface area contributed by atoms with Gasteiger partial charge in [0, 0.05) is 42.7 Å². The van der Waals surface area contributed by atoms with Crippen molar-refractivity contribution in [3.63, 3.8) is 0 Å². The van der Waals surface area contributed by atoms with Gasteiger partial charge in [-0.05, 0) is 54.5 Å². The first kappa shape index (κ1) is 20.5. The van der Waals surface area contributed by atoms with E-state index in [1.165, 1.54) is 22.3 Å². The van der Waals surface area contributed by atoms with Gasteiger partial charge in [-0.25, -0.2) is 0 Å². The summed E-state index contributed by atoms with van der Waals surface area (Å²) >= 11 is 0. The van der Waals surface area contributed by atoms with Crippen LogP contribution in [0.2, 0.25) is 0 Å². The molecule has 5 heteroatoms. The molecule has 0 radical (unpaired) electrons.